The standard InChI is InChI=1S/C33H52O5/c1-19(2)20(3)9-10-21(4)23-13-14-30(7)24-11-12-25-31(8,28(36)37)26(35)17-27(38-22(5)34)33(25)18-32(24,33)16-15-29(23,30)6/h19,21,23-27,35H,3,9-18H2,1-2,4-8H3,(H,36,37). The van der Waals surface area contributed by atoms with Gasteiger partial charge in [-0.05, 0) is 111 Å². The van der Waals surface area contributed by atoms with Crippen LogP contribution in [0, 0.1) is 56.7 Å². The van der Waals surface area contributed by atoms with Gasteiger partial charge in [0.2, 0.25) is 0 Å². The van der Waals surface area contributed by atoms with E-state index in [9.17, 15) is 19.8 Å². The topological polar surface area (TPSA) is 83.8 Å². The molecule has 2 N–H and O–H groups in total. The van der Waals surface area contributed by atoms with Crippen LogP contribution in [-0.4, -0.2) is 34.4 Å². The predicted octanol–water partition coefficient (Wildman–Crippen LogP) is 7.02. The molecule has 214 valence electrons. The Labute approximate surface area is 230 Å². The number of ether oxygens (including phenoxy) is 1. The van der Waals surface area contributed by atoms with Crippen molar-refractivity contribution in [2.24, 2.45) is 56.7 Å². The molecule has 5 rings (SSSR count). The number of carbonyl (C=O) groups is 2. The lowest BCUT2D eigenvalue weighted by Crippen LogP contribution is -2.64. The van der Waals surface area contributed by atoms with E-state index in [2.05, 4.69) is 41.2 Å². The van der Waals surface area contributed by atoms with Crippen LogP contribution in [0.25, 0.3) is 0 Å². The number of rotatable bonds is 7. The minimum atomic E-state index is -1.20. The summed E-state index contributed by atoms with van der Waals surface area (Å²) in [6, 6.07) is 0. The summed E-state index contributed by atoms with van der Waals surface area (Å²) in [5, 5.41) is 21.5. The zero-order chi connectivity index (χ0) is 28.1. The summed E-state index contributed by atoms with van der Waals surface area (Å²) in [5.74, 6) is 1.02. The Morgan fingerprint density at radius 1 is 1.00 bits per heavy atom. The number of aliphatic hydroxyl groups excluding tert-OH is 1. The van der Waals surface area contributed by atoms with Gasteiger partial charge in [0, 0.05) is 18.8 Å². The van der Waals surface area contributed by atoms with Crippen molar-refractivity contribution in [3.8, 4) is 0 Å². The molecule has 5 aliphatic carbocycles. The van der Waals surface area contributed by atoms with Crippen molar-refractivity contribution in [1.82, 2.24) is 0 Å². The SMILES string of the molecule is C=C(CCC(C)C1CCC2(C)C3CCC4C(C)(C(=O)O)C(O)CC(OC(C)=O)C45CC35CCC12C)C(C)C. The maximum absolute atomic E-state index is 12.7. The lowest BCUT2D eigenvalue weighted by atomic mass is 9.41. The summed E-state index contributed by atoms with van der Waals surface area (Å²) in [6.07, 6.45) is 8.67. The molecule has 5 aliphatic rings. The Morgan fingerprint density at radius 2 is 1.66 bits per heavy atom. The molecular formula is C33H52O5. The third-order valence-electron chi connectivity index (χ3n) is 14.0. The number of carboxylic acids is 1. The summed E-state index contributed by atoms with van der Waals surface area (Å²) in [5.41, 5.74) is 0.324. The molecule has 0 heterocycles. The summed E-state index contributed by atoms with van der Waals surface area (Å²) in [4.78, 5) is 24.9. The Morgan fingerprint density at radius 3 is 2.26 bits per heavy atom. The highest BCUT2D eigenvalue weighted by molar-refractivity contribution is 5.76. The Bertz CT molecular complexity index is 1020. The van der Waals surface area contributed by atoms with Crippen molar-refractivity contribution in [2.45, 2.75) is 125 Å². The second-order valence-corrected chi connectivity index (χ2v) is 15.3. The molecule has 2 spiro atoms. The van der Waals surface area contributed by atoms with E-state index >= 15 is 0 Å². The fourth-order valence-electron chi connectivity index (χ4n) is 11.5. The maximum Gasteiger partial charge on any atom is 0.312 e. The molecule has 0 bridgehead atoms. The van der Waals surface area contributed by atoms with E-state index in [4.69, 9.17) is 4.74 Å². The summed E-state index contributed by atoms with van der Waals surface area (Å²) < 4.78 is 5.99. The lowest BCUT2D eigenvalue weighted by Gasteiger charge is -2.63. The van der Waals surface area contributed by atoms with Gasteiger partial charge in [-0.1, -0.05) is 46.8 Å². The fourth-order valence-corrected chi connectivity index (χ4v) is 11.5. The van der Waals surface area contributed by atoms with Crippen molar-refractivity contribution in [1.29, 1.82) is 0 Å². The first-order valence-electron chi connectivity index (χ1n) is 15.4. The zero-order valence-electron chi connectivity index (χ0n) is 24.9. The monoisotopic (exact) mass is 528 g/mol. The lowest BCUT2D eigenvalue weighted by molar-refractivity contribution is -0.217. The van der Waals surface area contributed by atoms with Gasteiger partial charge in [0.25, 0.3) is 0 Å². The van der Waals surface area contributed by atoms with Gasteiger partial charge in [0.05, 0.1) is 11.5 Å². The van der Waals surface area contributed by atoms with E-state index < -0.39 is 17.5 Å². The van der Waals surface area contributed by atoms with E-state index in [1.165, 1.54) is 31.8 Å². The predicted molar refractivity (Wildman–Crippen MR) is 148 cm³/mol. The van der Waals surface area contributed by atoms with Crippen LogP contribution < -0.4 is 0 Å². The van der Waals surface area contributed by atoms with Gasteiger partial charge in [-0.2, -0.15) is 0 Å². The Balaban J connectivity index is 1.47. The third kappa shape index (κ3) is 3.38. The molecular weight excluding hydrogens is 476 g/mol. The summed E-state index contributed by atoms with van der Waals surface area (Å²) in [6.45, 7) is 19.6. The zero-order valence-corrected chi connectivity index (χ0v) is 24.9. The van der Waals surface area contributed by atoms with Crippen molar-refractivity contribution < 1.29 is 24.5 Å². The van der Waals surface area contributed by atoms with Crippen molar-refractivity contribution in [3.63, 3.8) is 0 Å². The number of aliphatic hydroxyl groups is 1. The quantitative estimate of drug-likeness (QED) is 0.274. The maximum atomic E-state index is 12.7. The molecule has 0 saturated heterocycles. The molecule has 11 unspecified atom stereocenters. The van der Waals surface area contributed by atoms with Crippen LogP contribution in [0.15, 0.2) is 12.2 Å². The Kier molecular flexibility index (Phi) is 6.54. The fraction of sp³-hybridized carbons (Fsp3) is 0.879. The molecule has 0 aromatic carbocycles. The molecule has 0 radical (unpaired) electrons. The van der Waals surface area contributed by atoms with Crippen molar-refractivity contribution in [2.75, 3.05) is 0 Å². The number of hydrogen-bond donors (Lipinski definition) is 2. The molecule has 5 heteroatoms. The molecule has 5 saturated carbocycles. The first-order valence-corrected chi connectivity index (χ1v) is 15.4. The van der Waals surface area contributed by atoms with Crippen molar-refractivity contribution in [3.05, 3.63) is 12.2 Å². The second kappa shape index (κ2) is 8.82. The van der Waals surface area contributed by atoms with Crippen LogP contribution >= 0.6 is 0 Å². The number of hydrogen-bond acceptors (Lipinski definition) is 4. The first-order chi connectivity index (χ1) is 17.6. The van der Waals surface area contributed by atoms with Gasteiger partial charge in [0.15, 0.2) is 0 Å². The average molecular weight is 529 g/mol. The number of fused-ring (bicyclic) bond motifs is 2. The van der Waals surface area contributed by atoms with Gasteiger partial charge in [0.1, 0.15) is 6.10 Å². The molecule has 0 aliphatic heterocycles. The van der Waals surface area contributed by atoms with Gasteiger partial charge in [-0.25, -0.2) is 0 Å². The Hall–Kier alpha value is -1.36. The molecule has 11 atom stereocenters. The van der Waals surface area contributed by atoms with E-state index in [-0.39, 0.29) is 46.1 Å². The van der Waals surface area contributed by atoms with Crippen LogP contribution in [0.2, 0.25) is 0 Å². The third-order valence-corrected chi connectivity index (χ3v) is 14.0. The molecule has 0 amide bonds. The molecule has 0 aromatic rings. The van der Waals surface area contributed by atoms with Crippen LogP contribution in [0.1, 0.15) is 113 Å². The highest BCUT2D eigenvalue weighted by atomic mass is 16.5. The number of carboxylic acid groups (broad SMARTS) is 1. The van der Waals surface area contributed by atoms with Gasteiger partial charge in [-0.15, -0.1) is 0 Å². The second-order valence-electron chi connectivity index (χ2n) is 15.3. The first kappa shape index (κ1) is 28.2. The van der Waals surface area contributed by atoms with Gasteiger partial charge < -0.3 is 14.9 Å². The smallest absolute Gasteiger partial charge is 0.312 e. The summed E-state index contributed by atoms with van der Waals surface area (Å²) >= 11 is 0. The highest BCUT2D eigenvalue weighted by Crippen LogP contribution is 2.89. The normalized spacial score (nSPS) is 49.8. The minimum Gasteiger partial charge on any atom is -0.481 e. The van der Waals surface area contributed by atoms with Gasteiger partial charge in [-0.3, -0.25) is 9.59 Å². The van der Waals surface area contributed by atoms with Crippen LogP contribution in [0.4, 0.5) is 0 Å². The molecule has 0 aromatic heterocycles. The average Bonchev–Trinajstić information content (AvgIpc) is 3.44. The van der Waals surface area contributed by atoms with E-state index in [0.29, 0.717) is 23.7 Å². The van der Waals surface area contributed by atoms with Crippen LogP contribution in [-0.2, 0) is 14.3 Å². The van der Waals surface area contributed by atoms with Crippen LogP contribution in [0.3, 0.4) is 0 Å². The molecule has 38 heavy (non-hydrogen) atoms. The summed E-state index contributed by atoms with van der Waals surface area (Å²) in [7, 11) is 0. The number of aliphatic carboxylic acids is 1. The molecule has 5 nitrogen and oxygen atoms in total. The van der Waals surface area contributed by atoms with E-state index in [0.717, 1.165) is 38.5 Å². The van der Waals surface area contributed by atoms with Gasteiger partial charge >= 0.3 is 11.9 Å². The van der Waals surface area contributed by atoms with Crippen LogP contribution in [0.5, 0.6) is 0 Å². The highest BCUT2D eigenvalue weighted by Gasteiger charge is 2.86. The number of esters is 1. The minimum absolute atomic E-state index is 0.0190. The number of allylic oxidation sites excluding steroid dienone is 1. The number of carbonyl (C=O) groups excluding carboxylic acids is 1. The van der Waals surface area contributed by atoms with Crippen molar-refractivity contribution >= 4 is 11.9 Å². The van der Waals surface area contributed by atoms with E-state index in [1.807, 2.05) is 0 Å². The molecule has 5 fully saturated rings. The largest absolute Gasteiger partial charge is 0.481 e. The van der Waals surface area contributed by atoms with E-state index in [1.54, 1.807) is 6.92 Å².